The van der Waals surface area contributed by atoms with Crippen molar-refractivity contribution in [1.29, 1.82) is 5.26 Å². The van der Waals surface area contributed by atoms with Crippen LogP contribution in [0.25, 0.3) is 0 Å². The molecular formula is C23H25N3O. The number of benzene rings is 2. The highest BCUT2D eigenvalue weighted by atomic mass is 16.3. The first-order valence-corrected chi connectivity index (χ1v) is 9.99. The summed E-state index contributed by atoms with van der Waals surface area (Å²) in [5.74, 6) is 1.52. The standard InChI is InChI=1S/C23H25N3O/c24-13-18-4-1-2-5-19(18)14-26-15-21(17-6-3-7-20(27)12-17)23-22(26)16-8-10-25(23)11-9-16/h1-7,12,16,21-23,27H,8-11,14-15H2. The maximum atomic E-state index is 10.0. The lowest BCUT2D eigenvalue weighted by Gasteiger charge is -2.51. The summed E-state index contributed by atoms with van der Waals surface area (Å²) < 4.78 is 0. The summed E-state index contributed by atoms with van der Waals surface area (Å²) in [7, 11) is 0. The molecule has 0 amide bonds. The van der Waals surface area contributed by atoms with Gasteiger partial charge in [-0.1, -0.05) is 30.3 Å². The molecule has 138 valence electrons. The van der Waals surface area contributed by atoms with Crippen LogP contribution in [0.3, 0.4) is 0 Å². The van der Waals surface area contributed by atoms with Crippen molar-refractivity contribution >= 4 is 0 Å². The van der Waals surface area contributed by atoms with Gasteiger partial charge in [-0.3, -0.25) is 9.80 Å². The molecule has 3 unspecified atom stereocenters. The third-order valence-corrected chi connectivity index (χ3v) is 6.90. The molecule has 1 N–H and O–H groups in total. The fourth-order valence-electron chi connectivity index (χ4n) is 5.76. The third kappa shape index (κ3) is 2.82. The van der Waals surface area contributed by atoms with E-state index in [0.717, 1.165) is 30.1 Å². The Morgan fingerprint density at radius 3 is 2.63 bits per heavy atom. The molecule has 0 aromatic heterocycles. The van der Waals surface area contributed by atoms with Crippen LogP contribution in [-0.4, -0.2) is 46.6 Å². The van der Waals surface area contributed by atoms with Crippen LogP contribution in [0.15, 0.2) is 48.5 Å². The van der Waals surface area contributed by atoms with Gasteiger partial charge in [-0.2, -0.15) is 5.26 Å². The number of phenols is 1. The number of hydrogen-bond acceptors (Lipinski definition) is 4. The van der Waals surface area contributed by atoms with Gasteiger partial charge in [-0.15, -0.1) is 0 Å². The second kappa shape index (κ2) is 6.67. The number of phenolic OH excluding ortho intramolecular Hbond substituents is 1. The molecule has 6 rings (SSSR count). The van der Waals surface area contributed by atoms with Crippen LogP contribution in [-0.2, 0) is 6.54 Å². The summed E-state index contributed by atoms with van der Waals surface area (Å²) in [6.45, 7) is 4.23. The van der Waals surface area contributed by atoms with Gasteiger partial charge in [0.25, 0.3) is 0 Å². The molecular weight excluding hydrogens is 334 g/mol. The summed E-state index contributed by atoms with van der Waals surface area (Å²) >= 11 is 0. The molecule has 2 aromatic carbocycles. The van der Waals surface area contributed by atoms with E-state index in [1.165, 1.54) is 31.5 Å². The first kappa shape index (κ1) is 16.8. The number of fused-ring (bicyclic) bond motifs is 2. The van der Waals surface area contributed by atoms with E-state index in [1.54, 1.807) is 6.07 Å². The van der Waals surface area contributed by atoms with E-state index >= 15 is 0 Å². The van der Waals surface area contributed by atoms with E-state index in [2.05, 4.69) is 28.0 Å². The number of nitrogens with zero attached hydrogens (tertiary/aromatic N) is 3. The van der Waals surface area contributed by atoms with Gasteiger partial charge in [0.1, 0.15) is 5.75 Å². The van der Waals surface area contributed by atoms with Crippen molar-refractivity contribution in [3.63, 3.8) is 0 Å². The van der Waals surface area contributed by atoms with Crippen LogP contribution >= 0.6 is 0 Å². The van der Waals surface area contributed by atoms with Crippen LogP contribution < -0.4 is 0 Å². The molecule has 4 heteroatoms. The number of rotatable bonds is 3. The van der Waals surface area contributed by atoms with E-state index in [4.69, 9.17) is 0 Å². The highest BCUT2D eigenvalue weighted by Crippen LogP contribution is 2.47. The third-order valence-electron chi connectivity index (χ3n) is 6.90. The molecule has 3 atom stereocenters. The van der Waals surface area contributed by atoms with Crippen molar-refractivity contribution in [3.8, 4) is 11.8 Å². The molecule has 4 heterocycles. The zero-order valence-corrected chi connectivity index (χ0v) is 15.5. The Morgan fingerprint density at radius 1 is 1.04 bits per heavy atom. The normalized spacial score (nSPS) is 32.2. The second-order valence-corrected chi connectivity index (χ2v) is 8.25. The molecule has 4 aliphatic rings. The Hall–Kier alpha value is -2.35. The average molecular weight is 359 g/mol. The molecule has 0 saturated carbocycles. The Bertz CT molecular complexity index is 881. The molecule has 4 aliphatic heterocycles. The van der Waals surface area contributed by atoms with Gasteiger partial charge >= 0.3 is 0 Å². The molecule has 4 saturated heterocycles. The number of hydrogen-bond donors (Lipinski definition) is 1. The molecule has 0 aliphatic carbocycles. The van der Waals surface area contributed by atoms with Crippen LogP contribution in [0.5, 0.6) is 5.75 Å². The molecule has 4 fully saturated rings. The maximum Gasteiger partial charge on any atom is 0.115 e. The molecule has 0 spiro atoms. The minimum Gasteiger partial charge on any atom is -0.508 e. The second-order valence-electron chi connectivity index (χ2n) is 8.25. The number of piperidine rings is 3. The Labute approximate surface area is 160 Å². The first-order chi connectivity index (χ1) is 13.2. The fourth-order valence-corrected chi connectivity index (χ4v) is 5.76. The zero-order chi connectivity index (χ0) is 18.4. The van der Waals surface area contributed by atoms with E-state index in [1.807, 2.05) is 30.3 Å². The first-order valence-electron chi connectivity index (χ1n) is 9.99. The van der Waals surface area contributed by atoms with E-state index in [-0.39, 0.29) is 0 Å². The number of likely N-dealkylation sites (tertiary alicyclic amines) is 1. The van der Waals surface area contributed by atoms with Crippen molar-refractivity contribution in [2.75, 3.05) is 19.6 Å². The summed E-state index contributed by atoms with van der Waals surface area (Å²) in [6, 6.07) is 19.2. The van der Waals surface area contributed by atoms with Crippen molar-refractivity contribution in [1.82, 2.24) is 9.80 Å². The van der Waals surface area contributed by atoms with Gasteiger partial charge < -0.3 is 5.11 Å². The lowest BCUT2D eigenvalue weighted by Crippen LogP contribution is -2.60. The van der Waals surface area contributed by atoms with Crippen LogP contribution in [0, 0.1) is 17.2 Å². The van der Waals surface area contributed by atoms with Gasteiger partial charge in [0.2, 0.25) is 0 Å². The maximum absolute atomic E-state index is 10.0. The lowest BCUT2D eigenvalue weighted by molar-refractivity contribution is -0.00871. The Balaban J connectivity index is 1.50. The fraction of sp³-hybridized carbons (Fsp3) is 0.435. The van der Waals surface area contributed by atoms with Crippen LogP contribution in [0.1, 0.15) is 35.4 Å². The molecule has 2 bridgehead atoms. The van der Waals surface area contributed by atoms with E-state index in [0.29, 0.717) is 23.8 Å². The Morgan fingerprint density at radius 2 is 1.85 bits per heavy atom. The topological polar surface area (TPSA) is 50.5 Å². The van der Waals surface area contributed by atoms with Crippen molar-refractivity contribution in [3.05, 3.63) is 65.2 Å². The molecule has 0 radical (unpaired) electrons. The predicted molar refractivity (Wildman–Crippen MR) is 104 cm³/mol. The minimum absolute atomic E-state index is 0.355. The molecule has 27 heavy (non-hydrogen) atoms. The van der Waals surface area contributed by atoms with Crippen molar-refractivity contribution < 1.29 is 5.11 Å². The minimum atomic E-state index is 0.355. The monoisotopic (exact) mass is 359 g/mol. The van der Waals surface area contributed by atoms with Gasteiger partial charge in [0.05, 0.1) is 11.6 Å². The van der Waals surface area contributed by atoms with E-state index < -0.39 is 0 Å². The van der Waals surface area contributed by atoms with Gasteiger partial charge in [0.15, 0.2) is 0 Å². The highest BCUT2D eigenvalue weighted by molar-refractivity contribution is 5.38. The lowest BCUT2D eigenvalue weighted by atomic mass is 9.75. The molecule has 2 aromatic rings. The van der Waals surface area contributed by atoms with Gasteiger partial charge in [-0.25, -0.2) is 0 Å². The van der Waals surface area contributed by atoms with Crippen LogP contribution in [0.2, 0.25) is 0 Å². The van der Waals surface area contributed by atoms with Crippen molar-refractivity contribution in [2.45, 2.75) is 37.4 Å². The SMILES string of the molecule is N#Cc1ccccc1CN1CC(c2cccc(O)c2)C2C1C1CCN2CC1. The summed E-state index contributed by atoms with van der Waals surface area (Å²) in [4.78, 5) is 5.29. The van der Waals surface area contributed by atoms with E-state index in [9.17, 15) is 10.4 Å². The predicted octanol–water partition coefficient (Wildman–Crippen LogP) is 3.33. The van der Waals surface area contributed by atoms with Crippen LogP contribution in [0.4, 0.5) is 0 Å². The highest BCUT2D eigenvalue weighted by Gasteiger charge is 2.53. The average Bonchev–Trinajstić information content (AvgIpc) is 3.11. The smallest absolute Gasteiger partial charge is 0.115 e. The molecule has 4 nitrogen and oxygen atoms in total. The Kier molecular flexibility index (Phi) is 4.15. The quantitative estimate of drug-likeness (QED) is 0.913. The summed E-state index contributed by atoms with van der Waals surface area (Å²) in [6.07, 6.45) is 2.56. The van der Waals surface area contributed by atoms with Gasteiger partial charge in [-0.05, 0) is 61.2 Å². The van der Waals surface area contributed by atoms with Gasteiger partial charge in [0, 0.05) is 31.1 Å². The number of nitriles is 1. The van der Waals surface area contributed by atoms with Crippen molar-refractivity contribution in [2.24, 2.45) is 5.92 Å². The number of aromatic hydroxyl groups is 1. The largest absolute Gasteiger partial charge is 0.508 e. The summed E-state index contributed by atoms with van der Waals surface area (Å²) in [5.41, 5.74) is 3.16. The summed E-state index contributed by atoms with van der Waals surface area (Å²) in [5, 5.41) is 19.5. The zero-order valence-electron chi connectivity index (χ0n) is 15.5.